The number of rotatable bonds is 2. The van der Waals surface area contributed by atoms with Gasteiger partial charge in [-0.05, 0) is 31.0 Å². The van der Waals surface area contributed by atoms with Gasteiger partial charge >= 0.3 is 0 Å². The molecule has 0 aliphatic carbocycles. The second kappa shape index (κ2) is 3.71. The molecule has 0 saturated carbocycles. The average molecular weight is 179 g/mol. The topological polar surface area (TPSA) is 26.0 Å². The van der Waals surface area contributed by atoms with Gasteiger partial charge in [0.05, 0.1) is 6.04 Å². The van der Waals surface area contributed by atoms with E-state index in [1.165, 1.54) is 6.07 Å². The summed E-state index contributed by atoms with van der Waals surface area (Å²) in [5.41, 5.74) is 8.04. The lowest BCUT2D eigenvalue weighted by Crippen LogP contribution is -2.11. The normalized spacial score (nSPS) is 12.6. The van der Waals surface area contributed by atoms with Gasteiger partial charge in [-0.1, -0.05) is 24.3 Å². The summed E-state index contributed by atoms with van der Waals surface area (Å²) in [6, 6.07) is 4.76. The first-order valence-electron chi connectivity index (χ1n) is 4.19. The van der Waals surface area contributed by atoms with Crippen LogP contribution in [0.1, 0.15) is 24.1 Å². The first-order chi connectivity index (χ1) is 6.02. The molecule has 0 aromatic heterocycles. The van der Waals surface area contributed by atoms with E-state index in [0.29, 0.717) is 5.56 Å². The van der Waals surface area contributed by atoms with Gasteiger partial charge in [-0.3, -0.25) is 0 Å². The van der Waals surface area contributed by atoms with Crippen LogP contribution in [0.15, 0.2) is 30.4 Å². The van der Waals surface area contributed by atoms with E-state index in [0.717, 1.165) is 11.1 Å². The van der Waals surface area contributed by atoms with Crippen LogP contribution in [0.25, 0.3) is 0 Å². The molecule has 2 N–H and O–H groups in total. The van der Waals surface area contributed by atoms with Crippen molar-refractivity contribution in [1.29, 1.82) is 0 Å². The predicted molar refractivity (Wildman–Crippen MR) is 52.9 cm³/mol. The van der Waals surface area contributed by atoms with E-state index >= 15 is 0 Å². The van der Waals surface area contributed by atoms with E-state index in [1.54, 1.807) is 13.0 Å². The van der Waals surface area contributed by atoms with Crippen molar-refractivity contribution in [3.8, 4) is 0 Å². The van der Waals surface area contributed by atoms with Crippen LogP contribution in [-0.4, -0.2) is 0 Å². The Bertz CT molecular complexity index is 331. The molecule has 1 rings (SSSR count). The SMILES string of the molecule is C=C(C)C(N)c1ccc(C)c(F)c1. The third kappa shape index (κ3) is 2.16. The van der Waals surface area contributed by atoms with Gasteiger partial charge in [-0.15, -0.1) is 0 Å². The minimum Gasteiger partial charge on any atom is -0.321 e. The molecule has 1 aromatic rings. The summed E-state index contributed by atoms with van der Waals surface area (Å²) in [4.78, 5) is 0. The van der Waals surface area contributed by atoms with Crippen LogP contribution in [-0.2, 0) is 0 Å². The third-order valence-electron chi connectivity index (χ3n) is 2.09. The van der Waals surface area contributed by atoms with Crippen molar-refractivity contribution in [2.75, 3.05) is 0 Å². The summed E-state index contributed by atoms with van der Waals surface area (Å²) in [6.45, 7) is 7.30. The quantitative estimate of drug-likeness (QED) is 0.694. The summed E-state index contributed by atoms with van der Waals surface area (Å²) in [6.07, 6.45) is 0. The highest BCUT2D eigenvalue weighted by molar-refractivity contribution is 5.29. The van der Waals surface area contributed by atoms with Crippen LogP contribution in [0.2, 0.25) is 0 Å². The lowest BCUT2D eigenvalue weighted by molar-refractivity contribution is 0.614. The van der Waals surface area contributed by atoms with Crippen molar-refractivity contribution in [2.45, 2.75) is 19.9 Å². The zero-order valence-electron chi connectivity index (χ0n) is 7.97. The third-order valence-corrected chi connectivity index (χ3v) is 2.09. The van der Waals surface area contributed by atoms with Crippen LogP contribution in [0, 0.1) is 12.7 Å². The Hall–Kier alpha value is -1.15. The molecule has 1 unspecified atom stereocenters. The minimum atomic E-state index is -0.268. The number of aryl methyl sites for hydroxylation is 1. The van der Waals surface area contributed by atoms with E-state index in [4.69, 9.17) is 5.73 Å². The molecule has 0 radical (unpaired) electrons. The van der Waals surface area contributed by atoms with Crippen LogP contribution in [0.4, 0.5) is 4.39 Å². The van der Waals surface area contributed by atoms with Gasteiger partial charge in [0.2, 0.25) is 0 Å². The van der Waals surface area contributed by atoms with E-state index < -0.39 is 0 Å². The summed E-state index contributed by atoms with van der Waals surface area (Å²) in [5.74, 6) is -0.214. The van der Waals surface area contributed by atoms with Crippen LogP contribution in [0.5, 0.6) is 0 Å². The summed E-state index contributed by atoms with van der Waals surface area (Å²) < 4.78 is 13.1. The van der Waals surface area contributed by atoms with Gasteiger partial charge in [0.25, 0.3) is 0 Å². The molecule has 1 nitrogen and oxygen atoms in total. The zero-order valence-corrected chi connectivity index (χ0v) is 7.97. The summed E-state index contributed by atoms with van der Waals surface area (Å²) >= 11 is 0. The van der Waals surface area contributed by atoms with Crippen LogP contribution < -0.4 is 5.73 Å². The van der Waals surface area contributed by atoms with Crippen LogP contribution >= 0.6 is 0 Å². The number of nitrogens with two attached hydrogens (primary N) is 1. The fourth-order valence-corrected chi connectivity index (χ4v) is 1.09. The molecule has 0 spiro atoms. The largest absolute Gasteiger partial charge is 0.321 e. The Morgan fingerprint density at radius 1 is 1.54 bits per heavy atom. The van der Waals surface area contributed by atoms with E-state index in [9.17, 15) is 4.39 Å². The molecule has 0 saturated heterocycles. The molecule has 0 heterocycles. The summed E-state index contributed by atoms with van der Waals surface area (Å²) in [7, 11) is 0. The highest BCUT2D eigenvalue weighted by Crippen LogP contribution is 2.19. The zero-order chi connectivity index (χ0) is 10.0. The molecular formula is C11H14FN. The number of hydrogen-bond acceptors (Lipinski definition) is 1. The van der Waals surface area contributed by atoms with Gasteiger partial charge in [-0.25, -0.2) is 4.39 Å². The Balaban J connectivity index is 3.03. The van der Waals surface area contributed by atoms with Gasteiger partial charge in [0.15, 0.2) is 0 Å². The molecule has 2 heteroatoms. The molecular weight excluding hydrogens is 165 g/mol. The highest BCUT2D eigenvalue weighted by Gasteiger charge is 2.07. The maximum atomic E-state index is 13.1. The number of halogens is 1. The first-order valence-corrected chi connectivity index (χ1v) is 4.19. The molecule has 1 aromatic carbocycles. The lowest BCUT2D eigenvalue weighted by atomic mass is 10.0. The maximum Gasteiger partial charge on any atom is 0.126 e. The fourth-order valence-electron chi connectivity index (χ4n) is 1.09. The Labute approximate surface area is 78.1 Å². The lowest BCUT2D eigenvalue weighted by Gasteiger charge is -2.12. The predicted octanol–water partition coefficient (Wildman–Crippen LogP) is 2.71. The van der Waals surface area contributed by atoms with Crippen molar-refractivity contribution in [2.24, 2.45) is 5.73 Å². The first kappa shape index (κ1) is 9.93. The Morgan fingerprint density at radius 2 is 2.15 bits per heavy atom. The maximum absolute atomic E-state index is 13.1. The Kier molecular flexibility index (Phi) is 2.83. The second-order valence-electron chi connectivity index (χ2n) is 3.33. The fraction of sp³-hybridized carbons (Fsp3) is 0.273. The van der Waals surface area contributed by atoms with Gasteiger partial charge in [0.1, 0.15) is 5.82 Å². The van der Waals surface area contributed by atoms with Crippen molar-refractivity contribution in [3.05, 3.63) is 47.3 Å². The van der Waals surface area contributed by atoms with Crippen molar-refractivity contribution < 1.29 is 4.39 Å². The van der Waals surface area contributed by atoms with E-state index in [1.807, 2.05) is 13.0 Å². The second-order valence-corrected chi connectivity index (χ2v) is 3.33. The monoisotopic (exact) mass is 179 g/mol. The average Bonchev–Trinajstić information content (AvgIpc) is 2.08. The molecule has 0 bridgehead atoms. The smallest absolute Gasteiger partial charge is 0.126 e. The molecule has 0 aliphatic heterocycles. The van der Waals surface area contributed by atoms with Gasteiger partial charge < -0.3 is 5.73 Å². The molecule has 13 heavy (non-hydrogen) atoms. The minimum absolute atomic E-state index is 0.214. The molecule has 0 fully saturated rings. The molecule has 1 atom stereocenters. The number of benzene rings is 1. The van der Waals surface area contributed by atoms with Gasteiger partial charge in [-0.2, -0.15) is 0 Å². The number of hydrogen-bond donors (Lipinski definition) is 1. The van der Waals surface area contributed by atoms with E-state index in [2.05, 4.69) is 6.58 Å². The Morgan fingerprint density at radius 3 is 2.62 bits per heavy atom. The standard InChI is InChI=1S/C11H14FN/c1-7(2)11(13)9-5-4-8(3)10(12)6-9/h4-6,11H,1,13H2,2-3H3. The molecule has 0 aliphatic rings. The highest BCUT2D eigenvalue weighted by atomic mass is 19.1. The van der Waals surface area contributed by atoms with Crippen molar-refractivity contribution in [3.63, 3.8) is 0 Å². The summed E-state index contributed by atoms with van der Waals surface area (Å²) in [5, 5.41) is 0. The van der Waals surface area contributed by atoms with Crippen LogP contribution in [0.3, 0.4) is 0 Å². The van der Waals surface area contributed by atoms with E-state index in [-0.39, 0.29) is 11.9 Å². The van der Waals surface area contributed by atoms with Gasteiger partial charge in [0, 0.05) is 0 Å². The molecule has 0 amide bonds. The molecule has 70 valence electrons. The van der Waals surface area contributed by atoms with Crippen molar-refractivity contribution >= 4 is 0 Å². The van der Waals surface area contributed by atoms with Crippen molar-refractivity contribution in [1.82, 2.24) is 0 Å².